The molecule has 0 saturated carbocycles. The Bertz CT molecular complexity index is 560. The van der Waals surface area contributed by atoms with Gasteiger partial charge in [0, 0.05) is 12.1 Å². The summed E-state index contributed by atoms with van der Waals surface area (Å²) in [5.74, 6) is 0. The van der Waals surface area contributed by atoms with Crippen molar-refractivity contribution in [2.75, 3.05) is 11.5 Å². The quantitative estimate of drug-likeness (QED) is 0.901. The lowest BCUT2D eigenvalue weighted by Crippen LogP contribution is -2.46. The molecule has 1 aliphatic rings. The highest BCUT2D eigenvalue weighted by atomic mass is 19.4. The van der Waals surface area contributed by atoms with Crippen LogP contribution in [-0.2, 0) is 10.9 Å². The predicted molar refractivity (Wildman–Crippen MR) is 76.6 cm³/mol. The van der Waals surface area contributed by atoms with Gasteiger partial charge in [0.2, 0.25) is 0 Å². The fraction of sp³-hybridized carbons (Fsp3) is 0.533. The molecule has 0 spiro atoms. The van der Waals surface area contributed by atoms with Crippen LogP contribution >= 0.6 is 0 Å². The van der Waals surface area contributed by atoms with Gasteiger partial charge in [0.15, 0.2) is 0 Å². The summed E-state index contributed by atoms with van der Waals surface area (Å²) in [6, 6.07) is 2.58. The molecule has 122 valence electrons. The van der Waals surface area contributed by atoms with E-state index in [0.29, 0.717) is 24.1 Å². The molecule has 1 unspecified atom stereocenters. The summed E-state index contributed by atoms with van der Waals surface area (Å²) in [4.78, 5) is 13.6. The number of halogens is 3. The van der Waals surface area contributed by atoms with Crippen LogP contribution in [0.5, 0.6) is 0 Å². The molecule has 1 heterocycles. The summed E-state index contributed by atoms with van der Waals surface area (Å²) in [5, 5.41) is 0. The van der Waals surface area contributed by atoms with Gasteiger partial charge in [0.25, 0.3) is 0 Å². The van der Waals surface area contributed by atoms with Crippen molar-refractivity contribution in [1.82, 2.24) is 0 Å². The third-order valence-electron chi connectivity index (χ3n) is 3.84. The first-order valence-electron chi connectivity index (χ1n) is 7.22. The van der Waals surface area contributed by atoms with Crippen LogP contribution in [0.3, 0.4) is 0 Å². The van der Waals surface area contributed by atoms with Crippen molar-refractivity contribution in [3.05, 3.63) is 29.3 Å². The number of anilines is 1. The van der Waals surface area contributed by atoms with Crippen LogP contribution in [0.2, 0.25) is 0 Å². The minimum Gasteiger partial charge on any atom is -0.449 e. The smallest absolute Gasteiger partial charge is 0.416 e. The SMILES string of the molecule is CCOC(=O)N1c2ccc(C(F)(F)F)cc2C(N)C[C@H]1CC. The minimum absolute atomic E-state index is 0.182. The summed E-state index contributed by atoms with van der Waals surface area (Å²) in [7, 11) is 0. The zero-order valence-electron chi connectivity index (χ0n) is 12.5. The number of alkyl halides is 3. The highest BCUT2D eigenvalue weighted by Crippen LogP contribution is 2.40. The standard InChI is InChI=1S/C15H19F3N2O2/c1-3-10-8-12(19)11-7-9(15(16,17)18)5-6-13(11)20(10)14(21)22-4-2/h5-7,10,12H,3-4,8,19H2,1-2H3/t10-,12?/m1/s1. The van der Waals surface area contributed by atoms with Crippen LogP contribution in [-0.4, -0.2) is 18.7 Å². The summed E-state index contributed by atoms with van der Waals surface area (Å²) >= 11 is 0. The number of nitrogens with zero attached hydrogens (tertiary/aromatic N) is 1. The van der Waals surface area contributed by atoms with Crippen molar-refractivity contribution in [2.45, 2.75) is 44.9 Å². The molecule has 0 fully saturated rings. The van der Waals surface area contributed by atoms with Crippen LogP contribution in [0.1, 0.15) is 43.9 Å². The number of carbonyl (C=O) groups is 1. The van der Waals surface area contributed by atoms with Gasteiger partial charge < -0.3 is 10.5 Å². The molecule has 0 saturated heterocycles. The zero-order valence-corrected chi connectivity index (χ0v) is 12.5. The van der Waals surface area contributed by atoms with Crippen molar-refractivity contribution in [2.24, 2.45) is 5.73 Å². The van der Waals surface area contributed by atoms with E-state index in [1.807, 2.05) is 6.92 Å². The molecule has 1 amide bonds. The molecular weight excluding hydrogens is 297 g/mol. The maximum Gasteiger partial charge on any atom is 0.416 e. The van der Waals surface area contributed by atoms with Crippen molar-refractivity contribution >= 4 is 11.8 Å². The first-order chi connectivity index (χ1) is 10.3. The number of fused-ring (bicyclic) bond motifs is 1. The van der Waals surface area contributed by atoms with E-state index in [9.17, 15) is 18.0 Å². The van der Waals surface area contributed by atoms with Gasteiger partial charge in [0.05, 0.1) is 17.9 Å². The minimum atomic E-state index is -4.44. The summed E-state index contributed by atoms with van der Waals surface area (Å²) in [6.45, 7) is 3.79. The molecule has 2 atom stereocenters. The number of carbonyl (C=O) groups excluding carboxylic acids is 1. The van der Waals surface area contributed by atoms with E-state index in [4.69, 9.17) is 10.5 Å². The van der Waals surface area contributed by atoms with Gasteiger partial charge in [0.1, 0.15) is 0 Å². The van der Waals surface area contributed by atoms with E-state index in [1.54, 1.807) is 6.92 Å². The van der Waals surface area contributed by atoms with Gasteiger partial charge >= 0.3 is 12.3 Å². The Balaban J connectivity index is 2.49. The first-order valence-corrected chi connectivity index (χ1v) is 7.22. The third-order valence-corrected chi connectivity index (χ3v) is 3.84. The lowest BCUT2D eigenvalue weighted by Gasteiger charge is -2.39. The number of hydrogen-bond acceptors (Lipinski definition) is 3. The van der Waals surface area contributed by atoms with E-state index in [-0.39, 0.29) is 12.6 Å². The second-order valence-electron chi connectivity index (χ2n) is 5.24. The Kier molecular flexibility index (Phi) is 4.65. The van der Waals surface area contributed by atoms with E-state index < -0.39 is 23.9 Å². The second-order valence-corrected chi connectivity index (χ2v) is 5.24. The number of amides is 1. The van der Waals surface area contributed by atoms with Gasteiger partial charge in [-0.15, -0.1) is 0 Å². The second kappa shape index (κ2) is 6.16. The lowest BCUT2D eigenvalue weighted by molar-refractivity contribution is -0.137. The predicted octanol–water partition coefficient (Wildman–Crippen LogP) is 3.85. The van der Waals surface area contributed by atoms with Crippen LogP contribution in [0.25, 0.3) is 0 Å². The average molecular weight is 316 g/mol. The highest BCUT2D eigenvalue weighted by molar-refractivity contribution is 5.90. The largest absolute Gasteiger partial charge is 0.449 e. The molecule has 22 heavy (non-hydrogen) atoms. The van der Waals surface area contributed by atoms with Gasteiger partial charge in [-0.2, -0.15) is 13.2 Å². The van der Waals surface area contributed by atoms with Crippen LogP contribution in [0.15, 0.2) is 18.2 Å². The fourth-order valence-corrected chi connectivity index (χ4v) is 2.76. The van der Waals surface area contributed by atoms with Gasteiger partial charge in [-0.05, 0) is 43.5 Å². The number of hydrogen-bond donors (Lipinski definition) is 1. The molecule has 1 aliphatic heterocycles. The zero-order chi connectivity index (χ0) is 16.5. The number of rotatable bonds is 2. The van der Waals surface area contributed by atoms with E-state index in [1.165, 1.54) is 11.0 Å². The Hall–Kier alpha value is -1.76. The van der Waals surface area contributed by atoms with Gasteiger partial charge in [-0.1, -0.05) is 6.92 Å². The fourth-order valence-electron chi connectivity index (χ4n) is 2.76. The van der Waals surface area contributed by atoms with Gasteiger partial charge in [-0.3, -0.25) is 4.90 Å². The van der Waals surface area contributed by atoms with E-state index in [2.05, 4.69) is 0 Å². The van der Waals surface area contributed by atoms with Crippen molar-refractivity contribution < 1.29 is 22.7 Å². The molecular formula is C15H19F3N2O2. The Morgan fingerprint density at radius 3 is 2.64 bits per heavy atom. The van der Waals surface area contributed by atoms with E-state index in [0.717, 1.165) is 12.1 Å². The number of benzene rings is 1. The summed E-state index contributed by atoms with van der Waals surface area (Å²) in [6.07, 6.45) is -3.94. The van der Waals surface area contributed by atoms with E-state index >= 15 is 0 Å². The maximum absolute atomic E-state index is 12.9. The molecule has 0 bridgehead atoms. The number of nitrogens with two attached hydrogens (primary N) is 1. The Morgan fingerprint density at radius 1 is 1.41 bits per heavy atom. The van der Waals surface area contributed by atoms with Crippen LogP contribution in [0, 0.1) is 0 Å². The summed E-state index contributed by atoms with van der Waals surface area (Å²) < 4.78 is 43.6. The number of ether oxygens (including phenoxy) is 1. The average Bonchev–Trinajstić information content (AvgIpc) is 2.45. The van der Waals surface area contributed by atoms with Crippen LogP contribution in [0.4, 0.5) is 23.7 Å². The monoisotopic (exact) mass is 316 g/mol. The van der Waals surface area contributed by atoms with Crippen LogP contribution < -0.4 is 10.6 Å². The highest BCUT2D eigenvalue weighted by Gasteiger charge is 2.37. The molecule has 1 aromatic rings. The molecule has 0 radical (unpaired) electrons. The summed E-state index contributed by atoms with van der Waals surface area (Å²) in [5.41, 5.74) is 5.98. The molecule has 0 aliphatic carbocycles. The normalized spacial score (nSPS) is 21.5. The lowest BCUT2D eigenvalue weighted by atomic mass is 9.89. The molecule has 2 N–H and O–H groups in total. The van der Waals surface area contributed by atoms with Crippen molar-refractivity contribution in [3.63, 3.8) is 0 Å². The van der Waals surface area contributed by atoms with Crippen molar-refractivity contribution in [3.8, 4) is 0 Å². The topological polar surface area (TPSA) is 55.6 Å². The maximum atomic E-state index is 12.9. The van der Waals surface area contributed by atoms with Gasteiger partial charge in [-0.25, -0.2) is 4.79 Å². The molecule has 1 aromatic carbocycles. The Labute approximate surface area is 127 Å². The molecule has 2 rings (SSSR count). The Morgan fingerprint density at radius 2 is 2.09 bits per heavy atom. The first kappa shape index (κ1) is 16.6. The molecule has 4 nitrogen and oxygen atoms in total. The molecule has 7 heteroatoms. The third kappa shape index (κ3) is 3.04. The van der Waals surface area contributed by atoms with Crippen molar-refractivity contribution in [1.29, 1.82) is 0 Å². The molecule has 0 aromatic heterocycles.